The summed E-state index contributed by atoms with van der Waals surface area (Å²) in [5, 5.41) is 13.0. The Morgan fingerprint density at radius 3 is 2.40 bits per heavy atom. The first-order valence-corrected chi connectivity index (χ1v) is 9.22. The Morgan fingerprint density at radius 2 is 1.72 bits per heavy atom. The summed E-state index contributed by atoms with van der Waals surface area (Å²) in [6.45, 7) is 1.90. The molecule has 1 aromatic carbocycles. The molecule has 10 heteroatoms. The van der Waals surface area contributed by atoms with Crippen molar-refractivity contribution in [3.8, 4) is 0 Å². The molecule has 2 aromatic heterocycles. The Hall–Kier alpha value is -3.14. The molecule has 2 heterocycles. The molecule has 25 heavy (non-hydrogen) atoms. The average molecular weight is 359 g/mol. The van der Waals surface area contributed by atoms with E-state index in [1.807, 2.05) is 13.0 Å². The Bertz CT molecular complexity index is 985. The molecule has 0 spiro atoms. The number of H-pyrrole nitrogens is 1. The highest BCUT2D eigenvalue weighted by molar-refractivity contribution is 7.92. The topological polar surface area (TPSA) is 125 Å². The molecule has 0 amide bonds. The molecule has 0 unspecified atom stereocenters. The molecule has 3 aromatic rings. The minimum atomic E-state index is -3.33. The summed E-state index contributed by atoms with van der Waals surface area (Å²) in [4.78, 5) is 8.53. The summed E-state index contributed by atoms with van der Waals surface area (Å²) in [6, 6.07) is 8.71. The molecule has 0 saturated heterocycles. The number of aromatic nitrogens is 4. The van der Waals surface area contributed by atoms with E-state index < -0.39 is 10.0 Å². The van der Waals surface area contributed by atoms with Gasteiger partial charge in [-0.05, 0) is 25.1 Å². The fourth-order valence-electron chi connectivity index (χ4n) is 2.12. The summed E-state index contributed by atoms with van der Waals surface area (Å²) >= 11 is 0. The van der Waals surface area contributed by atoms with Crippen molar-refractivity contribution in [2.24, 2.45) is 0 Å². The van der Waals surface area contributed by atoms with Crippen molar-refractivity contribution in [2.45, 2.75) is 6.92 Å². The van der Waals surface area contributed by atoms with Crippen molar-refractivity contribution in [3.63, 3.8) is 0 Å². The lowest BCUT2D eigenvalue weighted by molar-refractivity contribution is 0.607. The van der Waals surface area contributed by atoms with Crippen molar-refractivity contribution >= 4 is 38.9 Å². The van der Waals surface area contributed by atoms with E-state index >= 15 is 0 Å². The van der Waals surface area contributed by atoms with Gasteiger partial charge in [0.1, 0.15) is 0 Å². The van der Waals surface area contributed by atoms with Crippen LogP contribution in [0, 0.1) is 6.92 Å². The molecule has 0 aliphatic rings. The van der Waals surface area contributed by atoms with Crippen LogP contribution >= 0.6 is 0 Å². The molecule has 130 valence electrons. The molecule has 0 fully saturated rings. The average Bonchev–Trinajstić information content (AvgIpc) is 2.91. The van der Waals surface area contributed by atoms with Gasteiger partial charge in [0.2, 0.25) is 10.0 Å². The van der Waals surface area contributed by atoms with Gasteiger partial charge in [0.05, 0.1) is 24.3 Å². The fraction of sp³-hybridized carbons (Fsp3) is 0.133. The predicted molar refractivity (Wildman–Crippen MR) is 96.8 cm³/mol. The van der Waals surface area contributed by atoms with E-state index in [1.54, 1.807) is 36.7 Å². The van der Waals surface area contributed by atoms with Crippen molar-refractivity contribution in [2.75, 3.05) is 21.6 Å². The van der Waals surface area contributed by atoms with Crippen LogP contribution in [0.3, 0.4) is 0 Å². The first-order chi connectivity index (χ1) is 11.9. The molecule has 9 nitrogen and oxygen atoms in total. The summed E-state index contributed by atoms with van der Waals surface area (Å²) < 4.78 is 25.1. The highest BCUT2D eigenvalue weighted by atomic mass is 32.2. The lowest BCUT2D eigenvalue weighted by atomic mass is 10.3. The number of benzene rings is 1. The molecular weight excluding hydrogens is 342 g/mol. The van der Waals surface area contributed by atoms with Gasteiger partial charge >= 0.3 is 0 Å². The van der Waals surface area contributed by atoms with Gasteiger partial charge in [-0.15, -0.1) is 0 Å². The number of anilines is 5. The molecule has 4 N–H and O–H groups in total. The van der Waals surface area contributed by atoms with Crippen LogP contribution in [0.25, 0.3) is 0 Å². The third kappa shape index (κ3) is 4.91. The van der Waals surface area contributed by atoms with Gasteiger partial charge in [0.25, 0.3) is 0 Å². The highest BCUT2D eigenvalue weighted by Crippen LogP contribution is 2.20. The van der Waals surface area contributed by atoms with Crippen molar-refractivity contribution in [1.82, 2.24) is 20.2 Å². The molecule has 0 aliphatic heterocycles. The van der Waals surface area contributed by atoms with Gasteiger partial charge in [-0.3, -0.25) is 14.8 Å². The third-order valence-electron chi connectivity index (χ3n) is 3.03. The van der Waals surface area contributed by atoms with Crippen LogP contribution in [-0.4, -0.2) is 34.8 Å². The number of sulfonamides is 1. The van der Waals surface area contributed by atoms with Crippen LogP contribution in [0.15, 0.2) is 42.7 Å². The zero-order valence-electron chi connectivity index (χ0n) is 13.6. The number of rotatable bonds is 6. The van der Waals surface area contributed by atoms with Crippen molar-refractivity contribution in [3.05, 3.63) is 48.4 Å². The summed E-state index contributed by atoms with van der Waals surface area (Å²) in [6.07, 6.45) is 4.25. The smallest absolute Gasteiger partial charge is 0.229 e. The first-order valence-electron chi connectivity index (χ1n) is 7.33. The number of hydrogen-bond acceptors (Lipinski definition) is 7. The second-order valence-corrected chi connectivity index (χ2v) is 7.18. The van der Waals surface area contributed by atoms with Crippen LogP contribution in [0.5, 0.6) is 0 Å². The number of nitrogens with zero attached hydrogens (tertiary/aromatic N) is 3. The third-order valence-corrected chi connectivity index (χ3v) is 3.64. The lowest BCUT2D eigenvalue weighted by Gasteiger charge is -2.09. The molecule has 3 rings (SSSR count). The van der Waals surface area contributed by atoms with E-state index in [9.17, 15) is 8.42 Å². The van der Waals surface area contributed by atoms with Gasteiger partial charge in [-0.25, -0.2) is 13.4 Å². The Labute approximate surface area is 145 Å². The maximum absolute atomic E-state index is 11.3. The largest absolute Gasteiger partial charge is 0.339 e. The van der Waals surface area contributed by atoms with E-state index in [2.05, 4.69) is 35.5 Å². The highest BCUT2D eigenvalue weighted by Gasteiger charge is 2.05. The van der Waals surface area contributed by atoms with Gasteiger partial charge in [-0.1, -0.05) is 6.07 Å². The van der Waals surface area contributed by atoms with E-state index in [-0.39, 0.29) is 0 Å². The second kappa shape index (κ2) is 6.77. The standard InChI is InChI=1S/C15H17N7O2S/c1-10-6-13(21-20-10)18-15-9-16-8-14(19-15)17-11-4-3-5-12(7-11)22-25(2,23)24/h3-9,22H,1-2H3,(H3,17,18,19,20,21). The molecule has 0 saturated carbocycles. The van der Waals surface area contributed by atoms with Crippen LogP contribution in [0.1, 0.15) is 5.69 Å². The number of aromatic amines is 1. The Balaban J connectivity index is 1.75. The van der Waals surface area contributed by atoms with Crippen molar-refractivity contribution in [1.29, 1.82) is 0 Å². The maximum Gasteiger partial charge on any atom is 0.229 e. The number of nitrogens with one attached hydrogen (secondary N) is 4. The molecule has 0 radical (unpaired) electrons. The van der Waals surface area contributed by atoms with Gasteiger partial charge in [0.15, 0.2) is 17.5 Å². The zero-order chi connectivity index (χ0) is 17.9. The monoisotopic (exact) mass is 359 g/mol. The van der Waals surface area contributed by atoms with Crippen LogP contribution in [-0.2, 0) is 10.0 Å². The normalized spacial score (nSPS) is 11.1. The van der Waals surface area contributed by atoms with E-state index in [1.165, 1.54) is 0 Å². The summed E-state index contributed by atoms with van der Waals surface area (Å²) in [5.41, 5.74) is 2.07. The van der Waals surface area contributed by atoms with E-state index in [0.29, 0.717) is 28.8 Å². The fourth-order valence-corrected chi connectivity index (χ4v) is 2.68. The predicted octanol–water partition coefficient (Wildman–Crippen LogP) is 2.37. The zero-order valence-corrected chi connectivity index (χ0v) is 14.4. The quantitative estimate of drug-likeness (QED) is 0.532. The minimum Gasteiger partial charge on any atom is -0.339 e. The number of hydrogen-bond donors (Lipinski definition) is 4. The summed E-state index contributed by atoms with van der Waals surface area (Å²) in [5.74, 6) is 1.68. The molecule has 0 atom stereocenters. The van der Waals surface area contributed by atoms with Gasteiger partial charge < -0.3 is 10.6 Å². The maximum atomic E-state index is 11.3. The second-order valence-electron chi connectivity index (χ2n) is 5.43. The van der Waals surface area contributed by atoms with E-state index in [0.717, 1.165) is 11.9 Å². The van der Waals surface area contributed by atoms with Crippen molar-refractivity contribution < 1.29 is 8.42 Å². The Morgan fingerprint density at radius 1 is 1.00 bits per heavy atom. The molecule has 0 bridgehead atoms. The molecular formula is C15H17N7O2S. The number of aryl methyl sites for hydroxylation is 1. The van der Waals surface area contributed by atoms with Gasteiger partial charge in [0, 0.05) is 17.4 Å². The van der Waals surface area contributed by atoms with E-state index in [4.69, 9.17) is 0 Å². The Kier molecular flexibility index (Phi) is 4.52. The van der Waals surface area contributed by atoms with Crippen LogP contribution < -0.4 is 15.4 Å². The lowest BCUT2D eigenvalue weighted by Crippen LogP contribution is -2.09. The van der Waals surface area contributed by atoms with Crippen LogP contribution in [0.2, 0.25) is 0 Å². The minimum absolute atomic E-state index is 0.460. The molecule has 0 aliphatic carbocycles. The SMILES string of the molecule is Cc1cc(Nc2cncc(Nc3cccc(NS(C)(=O)=O)c3)n2)n[nH]1. The first kappa shape index (κ1) is 16.7. The summed E-state index contributed by atoms with van der Waals surface area (Å²) in [7, 11) is -3.33. The van der Waals surface area contributed by atoms with Gasteiger partial charge in [-0.2, -0.15) is 5.10 Å². The van der Waals surface area contributed by atoms with Crippen LogP contribution in [0.4, 0.5) is 28.8 Å².